The van der Waals surface area contributed by atoms with Crippen molar-refractivity contribution < 1.29 is 0 Å². The second-order valence-corrected chi connectivity index (χ2v) is 6.10. The van der Waals surface area contributed by atoms with Crippen molar-refractivity contribution in [1.29, 1.82) is 0 Å². The average Bonchev–Trinajstić information content (AvgIpc) is 2.72. The van der Waals surface area contributed by atoms with Crippen molar-refractivity contribution >= 4 is 16.7 Å². The lowest BCUT2D eigenvalue weighted by Crippen LogP contribution is -2.20. The molecule has 26 heavy (non-hydrogen) atoms. The van der Waals surface area contributed by atoms with Crippen LogP contribution in [0, 0.1) is 0 Å². The van der Waals surface area contributed by atoms with Crippen LogP contribution < -0.4 is 11.1 Å². The van der Waals surface area contributed by atoms with Gasteiger partial charge in [0.1, 0.15) is 12.1 Å². The summed E-state index contributed by atoms with van der Waals surface area (Å²) in [6.07, 6.45) is 3.36. The molecule has 0 unspecified atom stereocenters. The van der Waals surface area contributed by atoms with Crippen LogP contribution in [0.5, 0.6) is 0 Å². The minimum Gasteiger partial charge on any atom is -0.368 e. The lowest BCUT2D eigenvalue weighted by molar-refractivity contribution is 0.761. The molecule has 3 N–H and O–H groups in total. The number of hydrogen-bond acceptors (Lipinski definition) is 5. The summed E-state index contributed by atoms with van der Waals surface area (Å²) in [6, 6.07) is 22.0. The minimum atomic E-state index is -0.0960. The fraction of sp³-hybridized carbons (Fsp3) is 0.0952. The van der Waals surface area contributed by atoms with E-state index in [4.69, 9.17) is 5.73 Å². The standard InChI is InChI=1S/C21H19N5/c22-18(15-5-2-1-3-6-15)13-24-21-12-20(25-14-26-21)17-8-9-19-16(11-17)7-4-10-23-19/h1-12,14,18H,13,22H2,(H,24,25,26)/t18-/m0/s1. The first-order chi connectivity index (χ1) is 12.8. The summed E-state index contributed by atoms with van der Waals surface area (Å²) < 4.78 is 0. The summed E-state index contributed by atoms with van der Waals surface area (Å²) >= 11 is 0. The summed E-state index contributed by atoms with van der Waals surface area (Å²) in [6.45, 7) is 0.599. The Labute approximate surface area is 152 Å². The van der Waals surface area contributed by atoms with Crippen molar-refractivity contribution in [2.24, 2.45) is 5.73 Å². The highest BCUT2D eigenvalue weighted by Crippen LogP contribution is 2.23. The van der Waals surface area contributed by atoms with E-state index in [1.807, 2.05) is 60.7 Å². The number of nitrogens with two attached hydrogens (primary N) is 1. The topological polar surface area (TPSA) is 76.7 Å². The van der Waals surface area contributed by atoms with Gasteiger partial charge in [0, 0.05) is 35.8 Å². The molecule has 0 bridgehead atoms. The molecule has 0 fully saturated rings. The van der Waals surface area contributed by atoms with Gasteiger partial charge in [-0.1, -0.05) is 42.5 Å². The van der Waals surface area contributed by atoms with Crippen LogP contribution in [0.3, 0.4) is 0 Å². The van der Waals surface area contributed by atoms with E-state index in [-0.39, 0.29) is 6.04 Å². The Morgan fingerprint density at radius 2 is 1.77 bits per heavy atom. The zero-order valence-electron chi connectivity index (χ0n) is 14.2. The molecule has 0 saturated carbocycles. The SMILES string of the molecule is N[C@@H](CNc1cc(-c2ccc3ncccc3c2)ncn1)c1ccccc1. The quantitative estimate of drug-likeness (QED) is 0.577. The Hall–Kier alpha value is -3.31. The molecule has 4 rings (SSSR count). The van der Waals surface area contributed by atoms with Gasteiger partial charge in [0.05, 0.1) is 11.2 Å². The van der Waals surface area contributed by atoms with Crippen molar-refractivity contribution in [2.45, 2.75) is 6.04 Å². The van der Waals surface area contributed by atoms with Crippen LogP contribution in [0.1, 0.15) is 11.6 Å². The summed E-state index contributed by atoms with van der Waals surface area (Å²) in [5.74, 6) is 0.757. The zero-order valence-corrected chi connectivity index (χ0v) is 14.2. The van der Waals surface area contributed by atoms with E-state index in [1.165, 1.54) is 0 Å². The monoisotopic (exact) mass is 341 g/mol. The highest BCUT2D eigenvalue weighted by molar-refractivity contribution is 5.83. The first-order valence-corrected chi connectivity index (χ1v) is 8.51. The third-order valence-electron chi connectivity index (χ3n) is 4.30. The number of nitrogens with one attached hydrogen (secondary N) is 1. The molecule has 0 spiro atoms. The number of fused-ring (bicyclic) bond motifs is 1. The van der Waals surface area contributed by atoms with E-state index in [9.17, 15) is 0 Å². The smallest absolute Gasteiger partial charge is 0.130 e. The zero-order chi connectivity index (χ0) is 17.8. The van der Waals surface area contributed by atoms with Crippen molar-refractivity contribution in [2.75, 3.05) is 11.9 Å². The van der Waals surface area contributed by atoms with Gasteiger partial charge in [-0.3, -0.25) is 4.98 Å². The predicted molar refractivity (Wildman–Crippen MR) is 105 cm³/mol. The summed E-state index contributed by atoms with van der Waals surface area (Å²) in [7, 11) is 0. The lowest BCUT2D eigenvalue weighted by atomic mass is 10.1. The highest BCUT2D eigenvalue weighted by Gasteiger charge is 2.07. The number of pyridine rings is 1. The van der Waals surface area contributed by atoms with Crippen LogP contribution in [-0.4, -0.2) is 21.5 Å². The molecule has 2 aromatic heterocycles. The Kier molecular flexibility index (Phi) is 4.53. The van der Waals surface area contributed by atoms with Gasteiger partial charge in [0.15, 0.2) is 0 Å². The number of benzene rings is 2. The predicted octanol–water partition coefficient (Wildman–Crippen LogP) is 3.80. The maximum absolute atomic E-state index is 6.24. The van der Waals surface area contributed by atoms with Gasteiger partial charge in [-0.15, -0.1) is 0 Å². The maximum Gasteiger partial charge on any atom is 0.130 e. The largest absolute Gasteiger partial charge is 0.368 e. The van der Waals surface area contributed by atoms with Crippen LogP contribution in [0.4, 0.5) is 5.82 Å². The summed E-state index contributed by atoms with van der Waals surface area (Å²) in [4.78, 5) is 13.1. The minimum absolute atomic E-state index is 0.0960. The molecule has 4 aromatic rings. The van der Waals surface area contributed by atoms with Crippen LogP contribution in [-0.2, 0) is 0 Å². The molecule has 0 saturated heterocycles. The van der Waals surface area contributed by atoms with E-state index in [0.29, 0.717) is 6.54 Å². The second-order valence-electron chi connectivity index (χ2n) is 6.10. The molecule has 5 heteroatoms. The van der Waals surface area contributed by atoms with E-state index in [1.54, 1.807) is 12.5 Å². The normalized spacial score (nSPS) is 12.0. The number of rotatable bonds is 5. The molecular formula is C21H19N5. The Morgan fingerprint density at radius 1 is 0.885 bits per heavy atom. The second kappa shape index (κ2) is 7.29. The number of anilines is 1. The maximum atomic E-state index is 6.24. The first-order valence-electron chi connectivity index (χ1n) is 8.51. The molecule has 0 aliphatic rings. The molecule has 128 valence electrons. The molecular weight excluding hydrogens is 322 g/mol. The Morgan fingerprint density at radius 3 is 2.65 bits per heavy atom. The summed E-state index contributed by atoms with van der Waals surface area (Å²) in [5, 5.41) is 4.39. The van der Waals surface area contributed by atoms with Gasteiger partial charge in [-0.2, -0.15) is 0 Å². The lowest BCUT2D eigenvalue weighted by Gasteiger charge is -2.14. The summed E-state index contributed by atoms with van der Waals surface area (Å²) in [5.41, 5.74) is 10.2. The first kappa shape index (κ1) is 16.2. The third-order valence-corrected chi connectivity index (χ3v) is 4.30. The van der Waals surface area contributed by atoms with Crippen molar-refractivity contribution in [3.8, 4) is 11.3 Å². The molecule has 2 aromatic carbocycles. The van der Waals surface area contributed by atoms with Crippen molar-refractivity contribution in [3.05, 3.63) is 84.8 Å². The number of nitrogens with zero attached hydrogens (tertiary/aromatic N) is 3. The van der Waals surface area contributed by atoms with Gasteiger partial charge in [0.25, 0.3) is 0 Å². The average molecular weight is 341 g/mol. The molecule has 0 aliphatic carbocycles. The molecule has 1 atom stereocenters. The van der Waals surface area contributed by atoms with E-state index in [2.05, 4.69) is 26.3 Å². The number of aromatic nitrogens is 3. The Bertz CT molecular complexity index is 1020. The van der Waals surface area contributed by atoms with E-state index < -0.39 is 0 Å². The van der Waals surface area contributed by atoms with Gasteiger partial charge < -0.3 is 11.1 Å². The molecule has 0 amide bonds. The van der Waals surface area contributed by atoms with Crippen molar-refractivity contribution in [3.63, 3.8) is 0 Å². The van der Waals surface area contributed by atoms with E-state index in [0.717, 1.165) is 33.5 Å². The van der Waals surface area contributed by atoms with Gasteiger partial charge in [-0.25, -0.2) is 9.97 Å². The van der Waals surface area contributed by atoms with Gasteiger partial charge in [0.2, 0.25) is 0 Å². The van der Waals surface area contributed by atoms with Gasteiger partial charge in [-0.05, 0) is 23.8 Å². The molecule has 0 aliphatic heterocycles. The molecule has 5 nitrogen and oxygen atoms in total. The van der Waals surface area contributed by atoms with Crippen LogP contribution >= 0.6 is 0 Å². The Balaban J connectivity index is 1.52. The van der Waals surface area contributed by atoms with Crippen LogP contribution in [0.2, 0.25) is 0 Å². The molecule has 2 heterocycles. The van der Waals surface area contributed by atoms with E-state index >= 15 is 0 Å². The fourth-order valence-corrected chi connectivity index (χ4v) is 2.88. The van der Waals surface area contributed by atoms with Crippen LogP contribution in [0.25, 0.3) is 22.2 Å². The third kappa shape index (κ3) is 3.53. The molecule has 0 radical (unpaired) electrons. The van der Waals surface area contributed by atoms with Crippen molar-refractivity contribution in [1.82, 2.24) is 15.0 Å². The highest BCUT2D eigenvalue weighted by atomic mass is 15.0. The van der Waals surface area contributed by atoms with Crippen LogP contribution in [0.15, 0.2) is 79.3 Å². The van der Waals surface area contributed by atoms with Gasteiger partial charge >= 0.3 is 0 Å². The number of hydrogen-bond donors (Lipinski definition) is 2. The fourth-order valence-electron chi connectivity index (χ4n) is 2.88.